The smallest absolute Gasteiger partial charge is 0.0959 e. The second kappa shape index (κ2) is 10.4. The van der Waals surface area contributed by atoms with E-state index in [0.717, 1.165) is 37.0 Å². The second-order valence-electron chi connectivity index (χ2n) is 8.83. The lowest BCUT2D eigenvalue weighted by molar-refractivity contribution is 0.276. The van der Waals surface area contributed by atoms with Crippen LogP contribution in [0, 0.1) is 36.5 Å². The fourth-order valence-corrected chi connectivity index (χ4v) is 4.60. The fraction of sp³-hybridized carbons (Fsp3) is 0.400. The van der Waals surface area contributed by atoms with Crippen LogP contribution in [0.1, 0.15) is 68.9 Å². The summed E-state index contributed by atoms with van der Waals surface area (Å²) in [4.78, 5) is 0. The molecule has 1 nitrogen and oxygen atoms in total. The summed E-state index contributed by atoms with van der Waals surface area (Å²) < 4.78 is 5.34. The molecule has 0 saturated heterocycles. The summed E-state index contributed by atoms with van der Waals surface area (Å²) in [6.07, 6.45) is 17.1. The van der Waals surface area contributed by atoms with E-state index in [9.17, 15) is 0 Å². The van der Waals surface area contributed by atoms with Gasteiger partial charge in [0.15, 0.2) is 0 Å². The Kier molecular flexibility index (Phi) is 7.17. The Labute approximate surface area is 188 Å². The second-order valence-corrected chi connectivity index (χ2v) is 8.83. The molecule has 1 aromatic rings. The standard InChI is InChI=1S/C30H32O/c1-23-8-10-24(11-9-23)12-13-26-15-19-28(30(22-26)27-6-4-3-5-7-27)18-14-25-16-20-29(31-2)21-17-25/h8-11,16,20,22,27H,3-7,15,17,19,21H2,1-2H3. The van der Waals surface area contributed by atoms with E-state index in [1.807, 2.05) is 0 Å². The molecule has 31 heavy (non-hydrogen) atoms. The highest BCUT2D eigenvalue weighted by Crippen LogP contribution is 2.36. The Balaban J connectivity index is 1.60. The molecule has 158 valence electrons. The number of benzene rings is 1. The maximum atomic E-state index is 5.34. The molecule has 0 bridgehead atoms. The van der Waals surface area contributed by atoms with E-state index in [4.69, 9.17) is 4.74 Å². The zero-order valence-corrected chi connectivity index (χ0v) is 18.9. The first kappa shape index (κ1) is 21.3. The highest BCUT2D eigenvalue weighted by atomic mass is 16.5. The molecule has 1 fully saturated rings. The van der Waals surface area contributed by atoms with Gasteiger partial charge >= 0.3 is 0 Å². The summed E-state index contributed by atoms with van der Waals surface area (Å²) in [7, 11) is 1.74. The SMILES string of the molecule is COC1=CC=C(C#CC2=C(C3CCCCC3)C=C(C#Cc3ccc(C)cc3)CC2)CC1. The van der Waals surface area contributed by atoms with Gasteiger partial charge < -0.3 is 4.74 Å². The molecule has 0 radical (unpaired) electrons. The van der Waals surface area contributed by atoms with Gasteiger partial charge in [-0.15, -0.1) is 0 Å². The molecule has 1 heteroatoms. The van der Waals surface area contributed by atoms with Gasteiger partial charge in [-0.25, -0.2) is 0 Å². The zero-order valence-electron chi connectivity index (χ0n) is 18.9. The van der Waals surface area contributed by atoms with Crippen molar-refractivity contribution in [1.82, 2.24) is 0 Å². The van der Waals surface area contributed by atoms with Crippen molar-refractivity contribution in [3.8, 4) is 23.7 Å². The predicted molar refractivity (Wildman–Crippen MR) is 129 cm³/mol. The molecule has 0 N–H and O–H groups in total. The minimum absolute atomic E-state index is 0.648. The van der Waals surface area contributed by atoms with Gasteiger partial charge in [0.2, 0.25) is 0 Å². The molecule has 0 atom stereocenters. The number of aryl methyl sites for hydroxylation is 1. The summed E-state index contributed by atoms with van der Waals surface area (Å²) in [5.41, 5.74) is 7.65. The quantitative estimate of drug-likeness (QED) is 0.470. The lowest BCUT2D eigenvalue weighted by atomic mass is 9.78. The zero-order chi connectivity index (χ0) is 21.5. The van der Waals surface area contributed by atoms with Gasteiger partial charge in [0.25, 0.3) is 0 Å². The molecule has 3 aliphatic carbocycles. The number of methoxy groups -OCH3 is 1. The summed E-state index contributed by atoms with van der Waals surface area (Å²) in [5, 5.41) is 0. The molecule has 0 aromatic heterocycles. The third kappa shape index (κ3) is 5.83. The summed E-state index contributed by atoms with van der Waals surface area (Å²) in [5.74, 6) is 15.6. The van der Waals surface area contributed by atoms with E-state index in [1.165, 1.54) is 60.0 Å². The highest BCUT2D eigenvalue weighted by molar-refractivity contribution is 5.52. The van der Waals surface area contributed by atoms with Gasteiger partial charge in [-0.1, -0.05) is 60.6 Å². The van der Waals surface area contributed by atoms with E-state index in [0.29, 0.717) is 5.92 Å². The van der Waals surface area contributed by atoms with Crippen molar-refractivity contribution in [2.45, 2.75) is 64.7 Å². The van der Waals surface area contributed by atoms with Crippen molar-refractivity contribution >= 4 is 0 Å². The van der Waals surface area contributed by atoms with Gasteiger partial charge in [-0.05, 0) is 80.9 Å². The van der Waals surface area contributed by atoms with Crippen LogP contribution in [-0.2, 0) is 4.74 Å². The highest BCUT2D eigenvalue weighted by Gasteiger charge is 2.22. The molecule has 0 unspecified atom stereocenters. The molecule has 1 saturated carbocycles. The number of rotatable bonds is 2. The lowest BCUT2D eigenvalue weighted by Gasteiger charge is -2.26. The van der Waals surface area contributed by atoms with Crippen LogP contribution in [0.5, 0.6) is 0 Å². The Morgan fingerprint density at radius 1 is 0.774 bits per heavy atom. The van der Waals surface area contributed by atoms with Gasteiger partial charge in [0, 0.05) is 28.7 Å². The maximum absolute atomic E-state index is 5.34. The minimum atomic E-state index is 0.648. The van der Waals surface area contributed by atoms with E-state index in [-0.39, 0.29) is 0 Å². The Morgan fingerprint density at radius 2 is 1.52 bits per heavy atom. The number of hydrogen-bond donors (Lipinski definition) is 0. The normalized spacial score (nSPS) is 19.2. The van der Waals surface area contributed by atoms with E-state index in [1.54, 1.807) is 7.11 Å². The third-order valence-corrected chi connectivity index (χ3v) is 6.53. The van der Waals surface area contributed by atoms with Crippen LogP contribution >= 0.6 is 0 Å². The Morgan fingerprint density at radius 3 is 2.23 bits per heavy atom. The first-order valence-electron chi connectivity index (χ1n) is 11.7. The number of hydrogen-bond acceptors (Lipinski definition) is 1. The molecule has 3 aliphatic rings. The average Bonchev–Trinajstić information content (AvgIpc) is 2.83. The van der Waals surface area contributed by atoms with Crippen molar-refractivity contribution in [3.05, 3.63) is 81.7 Å². The maximum Gasteiger partial charge on any atom is 0.0959 e. The monoisotopic (exact) mass is 408 g/mol. The van der Waals surface area contributed by atoms with Crippen LogP contribution in [0.15, 0.2) is 70.5 Å². The average molecular weight is 409 g/mol. The van der Waals surface area contributed by atoms with Gasteiger partial charge in [0.1, 0.15) is 0 Å². The van der Waals surface area contributed by atoms with Gasteiger partial charge in [0.05, 0.1) is 12.9 Å². The molecule has 0 amide bonds. The first-order chi connectivity index (χ1) is 15.2. The fourth-order valence-electron chi connectivity index (χ4n) is 4.60. The van der Waals surface area contributed by atoms with Crippen molar-refractivity contribution in [2.24, 2.45) is 5.92 Å². The first-order valence-corrected chi connectivity index (χ1v) is 11.7. The van der Waals surface area contributed by atoms with Gasteiger partial charge in [-0.3, -0.25) is 0 Å². The van der Waals surface area contributed by atoms with Crippen LogP contribution in [0.2, 0.25) is 0 Å². The van der Waals surface area contributed by atoms with Crippen molar-refractivity contribution in [2.75, 3.05) is 7.11 Å². The summed E-state index contributed by atoms with van der Waals surface area (Å²) in [6, 6.07) is 8.49. The molecule has 4 rings (SSSR count). The van der Waals surface area contributed by atoms with Crippen molar-refractivity contribution < 1.29 is 4.74 Å². The molecule has 0 aliphatic heterocycles. The van der Waals surface area contributed by atoms with Gasteiger partial charge in [-0.2, -0.15) is 0 Å². The van der Waals surface area contributed by atoms with E-state index < -0.39 is 0 Å². The summed E-state index contributed by atoms with van der Waals surface area (Å²) in [6.45, 7) is 2.11. The van der Waals surface area contributed by atoms with Crippen LogP contribution in [0.3, 0.4) is 0 Å². The summed E-state index contributed by atoms with van der Waals surface area (Å²) >= 11 is 0. The molecular weight excluding hydrogens is 376 g/mol. The molecule has 1 aromatic carbocycles. The molecule has 0 spiro atoms. The largest absolute Gasteiger partial charge is 0.501 e. The van der Waals surface area contributed by atoms with E-state index in [2.05, 4.69) is 73.1 Å². The van der Waals surface area contributed by atoms with Crippen molar-refractivity contribution in [1.29, 1.82) is 0 Å². The minimum Gasteiger partial charge on any atom is -0.501 e. The molecular formula is C30H32O. The number of ether oxygens (including phenoxy) is 1. The lowest BCUT2D eigenvalue weighted by Crippen LogP contribution is -2.12. The Bertz CT molecular complexity index is 1050. The number of allylic oxidation sites excluding steroid dienone is 8. The topological polar surface area (TPSA) is 9.23 Å². The van der Waals surface area contributed by atoms with Crippen LogP contribution in [-0.4, -0.2) is 7.11 Å². The van der Waals surface area contributed by atoms with Crippen molar-refractivity contribution in [3.63, 3.8) is 0 Å². The van der Waals surface area contributed by atoms with Crippen LogP contribution in [0.25, 0.3) is 0 Å². The van der Waals surface area contributed by atoms with Crippen LogP contribution in [0.4, 0.5) is 0 Å². The van der Waals surface area contributed by atoms with E-state index >= 15 is 0 Å². The Hall–Kier alpha value is -2.90. The predicted octanol–water partition coefficient (Wildman–Crippen LogP) is 7.20. The third-order valence-electron chi connectivity index (χ3n) is 6.53. The molecule has 0 heterocycles. The van der Waals surface area contributed by atoms with Crippen LogP contribution < -0.4 is 0 Å².